The fourth-order valence-electron chi connectivity index (χ4n) is 1.77. The van der Waals surface area contributed by atoms with Gasteiger partial charge in [0.15, 0.2) is 0 Å². The highest BCUT2D eigenvalue weighted by atomic mass is 35.5. The average molecular weight is 226 g/mol. The topological polar surface area (TPSA) is 12.0 Å². The van der Waals surface area contributed by atoms with Crippen LogP contribution in [0.25, 0.3) is 0 Å². The molecule has 1 aromatic rings. The van der Waals surface area contributed by atoms with Crippen LogP contribution in [0.2, 0.25) is 5.02 Å². The van der Waals surface area contributed by atoms with E-state index in [4.69, 9.17) is 11.6 Å². The minimum Gasteiger partial charge on any atom is -0.313 e. The number of rotatable bonds is 5. The number of nitrogens with one attached hydrogen (secondary N) is 1. The van der Waals surface area contributed by atoms with Crippen LogP contribution in [0.5, 0.6) is 0 Å². The molecule has 0 heterocycles. The third-order valence-electron chi connectivity index (χ3n) is 2.78. The Morgan fingerprint density at radius 1 is 1.40 bits per heavy atom. The highest BCUT2D eigenvalue weighted by Gasteiger charge is 2.09. The van der Waals surface area contributed by atoms with E-state index in [1.54, 1.807) is 0 Å². The third-order valence-corrected chi connectivity index (χ3v) is 3.20. The maximum Gasteiger partial charge on any atom is 0.0435 e. The second-order valence-corrected chi connectivity index (χ2v) is 4.40. The van der Waals surface area contributed by atoms with Gasteiger partial charge in [0.25, 0.3) is 0 Å². The molecule has 1 N–H and O–H groups in total. The van der Waals surface area contributed by atoms with Crippen molar-refractivity contribution in [1.82, 2.24) is 5.32 Å². The van der Waals surface area contributed by atoms with E-state index in [1.165, 1.54) is 24.8 Å². The van der Waals surface area contributed by atoms with E-state index in [1.807, 2.05) is 13.1 Å². The maximum absolute atomic E-state index is 6.01. The predicted octanol–water partition coefficient (Wildman–Crippen LogP) is 4.10. The Kier molecular flexibility index (Phi) is 5.13. The van der Waals surface area contributed by atoms with E-state index >= 15 is 0 Å². The number of aryl methyl sites for hydroxylation is 1. The van der Waals surface area contributed by atoms with Crippen LogP contribution in [0.4, 0.5) is 0 Å². The van der Waals surface area contributed by atoms with Crippen molar-refractivity contribution in [3.8, 4) is 0 Å². The fraction of sp³-hybridized carbons (Fsp3) is 0.538. The number of hydrogen-bond donors (Lipinski definition) is 1. The first-order valence-electron chi connectivity index (χ1n) is 5.62. The molecule has 0 aliphatic heterocycles. The second kappa shape index (κ2) is 6.14. The zero-order valence-corrected chi connectivity index (χ0v) is 10.6. The van der Waals surface area contributed by atoms with Gasteiger partial charge in [-0.05, 0) is 37.6 Å². The fourth-order valence-corrected chi connectivity index (χ4v) is 1.89. The molecule has 1 aromatic carbocycles. The lowest BCUT2D eigenvalue weighted by molar-refractivity contribution is 0.522. The summed E-state index contributed by atoms with van der Waals surface area (Å²) < 4.78 is 0. The number of unbranched alkanes of at least 4 members (excludes halogenated alkanes) is 1. The normalized spacial score (nSPS) is 12.8. The molecular formula is C13H20ClN. The maximum atomic E-state index is 6.01. The minimum absolute atomic E-state index is 0.459. The molecule has 2 heteroatoms. The molecule has 0 aliphatic rings. The van der Waals surface area contributed by atoms with Crippen molar-refractivity contribution >= 4 is 11.6 Å². The molecule has 15 heavy (non-hydrogen) atoms. The lowest BCUT2D eigenvalue weighted by Gasteiger charge is -2.17. The quantitative estimate of drug-likeness (QED) is 0.796. The monoisotopic (exact) mass is 225 g/mol. The van der Waals surface area contributed by atoms with Gasteiger partial charge >= 0.3 is 0 Å². The summed E-state index contributed by atoms with van der Waals surface area (Å²) in [5, 5.41) is 4.21. The SMILES string of the molecule is CCCCC(NC)c1ccc(Cl)c(C)c1. The van der Waals surface area contributed by atoms with E-state index in [0.717, 1.165) is 10.6 Å². The highest BCUT2D eigenvalue weighted by Crippen LogP contribution is 2.23. The van der Waals surface area contributed by atoms with E-state index in [-0.39, 0.29) is 0 Å². The molecule has 1 atom stereocenters. The van der Waals surface area contributed by atoms with Crippen LogP contribution in [-0.4, -0.2) is 7.05 Å². The Morgan fingerprint density at radius 3 is 2.67 bits per heavy atom. The molecule has 0 aromatic heterocycles. The van der Waals surface area contributed by atoms with Gasteiger partial charge in [-0.1, -0.05) is 43.5 Å². The van der Waals surface area contributed by atoms with Gasteiger partial charge in [0, 0.05) is 11.1 Å². The molecule has 0 saturated carbocycles. The highest BCUT2D eigenvalue weighted by molar-refractivity contribution is 6.31. The van der Waals surface area contributed by atoms with Crippen LogP contribution in [0.3, 0.4) is 0 Å². The van der Waals surface area contributed by atoms with Crippen molar-refractivity contribution in [3.05, 3.63) is 34.3 Å². The smallest absolute Gasteiger partial charge is 0.0435 e. The summed E-state index contributed by atoms with van der Waals surface area (Å²) >= 11 is 6.01. The van der Waals surface area contributed by atoms with Crippen molar-refractivity contribution in [1.29, 1.82) is 0 Å². The van der Waals surface area contributed by atoms with Crippen molar-refractivity contribution in [2.75, 3.05) is 7.05 Å². The zero-order chi connectivity index (χ0) is 11.3. The van der Waals surface area contributed by atoms with Gasteiger partial charge in [-0.15, -0.1) is 0 Å². The van der Waals surface area contributed by atoms with Crippen molar-refractivity contribution in [2.24, 2.45) is 0 Å². The Bertz CT molecular complexity index is 309. The largest absolute Gasteiger partial charge is 0.313 e. The van der Waals surface area contributed by atoms with Gasteiger partial charge in [0.2, 0.25) is 0 Å². The Labute approximate surface area is 97.8 Å². The number of benzene rings is 1. The molecule has 84 valence electrons. The van der Waals surface area contributed by atoms with Gasteiger partial charge < -0.3 is 5.32 Å². The zero-order valence-electron chi connectivity index (χ0n) is 9.81. The van der Waals surface area contributed by atoms with E-state index in [0.29, 0.717) is 6.04 Å². The van der Waals surface area contributed by atoms with E-state index in [9.17, 15) is 0 Å². The molecule has 1 unspecified atom stereocenters. The molecule has 0 amide bonds. The molecule has 0 spiro atoms. The van der Waals surface area contributed by atoms with Crippen LogP contribution in [0.1, 0.15) is 43.4 Å². The van der Waals surface area contributed by atoms with Gasteiger partial charge in [-0.3, -0.25) is 0 Å². The molecule has 0 fully saturated rings. The van der Waals surface area contributed by atoms with E-state index in [2.05, 4.69) is 31.3 Å². The summed E-state index contributed by atoms with van der Waals surface area (Å²) in [5.41, 5.74) is 2.50. The Morgan fingerprint density at radius 2 is 2.13 bits per heavy atom. The first-order valence-corrected chi connectivity index (χ1v) is 6.00. The predicted molar refractivity (Wildman–Crippen MR) is 67.5 cm³/mol. The van der Waals surface area contributed by atoms with Gasteiger partial charge in [-0.2, -0.15) is 0 Å². The van der Waals surface area contributed by atoms with Crippen LogP contribution in [-0.2, 0) is 0 Å². The molecule has 0 radical (unpaired) electrons. The Hall–Kier alpha value is -0.530. The molecule has 0 bridgehead atoms. The summed E-state index contributed by atoms with van der Waals surface area (Å²) in [6.45, 7) is 4.28. The minimum atomic E-state index is 0.459. The molecular weight excluding hydrogens is 206 g/mol. The molecule has 1 nitrogen and oxygen atoms in total. The van der Waals surface area contributed by atoms with Gasteiger partial charge in [0.1, 0.15) is 0 Å². The lowest BCUT2D eigenvalue weighted by Crippen LogP contribution is -2.16. The van der Waals surface area contributed by atoms with Crippen molar-refractivity contribution in [3.63, 3.8) is 0 Å². The van der Waals surface area contributed by atoms with Crippen molar-refractivity contribution in [2.45, 2.75) is 39.2 Å². The van der Waals surface area contributed by atoms with Gasteiger partial charge in [-0.25, -0.2) is 0 Å². The number of halogens is 1. The molecule has 0 aliphatic carbocycles. The van der Waals surface area contributed by atoms with Crippen molar-refractivity contribution < 1.29 is 0 Å². The summed E-state index contributed by atoms with van der Waals surface area (Å²) in [6, 6.07) is 6.74. The van der Waals surface area contributed by atoms with Crippen LogP contribution in [0, 0.1) is 6.92 Å². The average Bonchev–Trinajstić information content (AvgIpc) is 2.24. The van der Waals surface area contributed by atoms with E-state index < -0.39 is 0 Å². The first-order chi connectivity index (χ1) is 7.19. The van der Waals surface area contributed by atoms with Gasteiger partial charge in [0.05, 0.1) is 0 Å². The molecule has 0 saturated heterocycles. The standard InChI is InChI=1S/C13H20ClN/c1-4-5-6-13(15-3)11-7-8-12(14)10(2)9-11/h7-9,13,15H,4-6H2,1-3H3. The van der Waals surface area contributed by atoms with Crippen LogP contribution in [0.15, 0.2) is 18.2 Å². The molecule has 1 rings (SSSR count). The summed E-state index contributed by atoms with van der Waals surface area (Å²) in [5.74, 6) is 0. The summed E-state index contributed by atoms with van der Waals surface area (Å²) in [7, 11) is 2.02. The first kappa shape index (κ1) is 12.5. The van der Waals surface area contributed by atoms with Crippen LogP contribution >= 0.6 is 11.6 Å². The summed E-state index contributed by atoms with van der Waals surface area (Å²) in [4.78, 5) is 0. The van der Waals surface area contributed by atoms with Crippen LogP contribution < -0.4 is 5.32 Å². The lowest BCUT2D eigenvalue weighted by atomic mass is 10.00. The Balaban J connectivity index is 2.78. The summed E-state index contributed by atoms with van der Waals surface area (Å²) in [6.07, 6.45) is 3.69. The third kappa shape index (κ3) is 3.51. The number of hydrogen-bond acceptors (Lipinski definition) is 1. The second-order valence-electron chi connectivity index (χ2n) is 3.99.